The number of ether oxygens (including phenoxy) is 1. The summed E-state index contributed by atoms with van der Waals surface area (Å²) in [5.41, 5.74) is 8.21. The fourth-order valence-corrected chi connectivity index (χ4v) is 5.00. The van der Waals surface area contributed by atoms with Crippen LogP contribution in [0, 0.1) is 5.92 Å². The molecule has 0 aromatic heterocycles. The number of hydrogen-bond acceptors (Lipinski definition) is 3. The number of carbonyl (C=O) groups excluding carboxylic acids is 1. The summed E-state index contributed by atoms with van der Waals surface area (Å²) >= 11 is 0. The van der Waals surface area contributed by atoms with Crippen LogP contribution in [-0.4, -0.2) is 29.7 Å². The average Bonchev–Trinajstić information content (AvgIpc) is 2.54. The van der Waals surface area contributed by atoms with Gasteiger partial charge in [-0.25, -0.2) is 4.79 Å². The molecule has 4 heteroatoms. The van der Waals surface area contributed by atoms with Gasteiger partial charge in [0.15, 0.2) is 0 Å². The molecule has 0 spiro atoms. The maximum absolute atomic E-state index is 11.3. The van der Waals surface area contributed by atoms with E-state index in [0.717, 1.165) is 25.8 Å². The molecule has 118 valence electrons. The zero-order valence-corrected chi connectivity index (χ0v) is 12.9. The lowest BCUT2D eigenvalue weighted by atomic mass is 9.71. The van der Waals surface area contributed by atoms with Crippen LogP contribution in [0.25, 0.3) is 0 Å². The number of nitrogens with two attached hydrogens (primary N) is 1. The Labute approximate surface area is 131 Å². The predicted molar refractivity (Wildman–Crippen MR) is 84.4 cm³/mol. The van der Waals surface area contributed by atoms with Crippen LogP contribution in [0.1, 0.15) is 49.3 Å². The average molecular weight is 300 g/mol. The Morgan fingerprint density at radius 1 is 1.23 bits per heavy atom. The van der Waals surface area contributed by atoms with Crippen molar-refractivity contribution in [3.05, 3.63) is 35.4 Å². The zero-order valence-electron chi connectivity index (χ0n) is 12.9. The Morgan fingerprint density at radius 2 is 2.05 bits per heavy atom. The van der Waals surface area contributed by atoms with E-state index in [0.29, 0.717) is 18.0 Å². The Kier molecular flexibility index (Phi) is 3.57. The van der Waals surface area contributed by atoms with Gasteiger partial charge in [0.05, 0.1) is 0 Å². The molecule has 0 radical (unpaired) electrons. The second-order valence-electron chi connectivity index (χ2n) is 6.93. The SMILES string of the molecule is NC(=O)OC1CC2c3ccccc3CCN2C2CCCCC12. The van der Waals surface area contributed by atoms with Gasteiger partial charge >= 0.3 is 6.09 Å². The summed E-state index contributed by atoms with van der Waals surface area (Å²) in [6, 6.07) is 9.66. The summed E-state index contributed by atoms with van der Waals surface area (Å²) in [5.74, 6) is 0.461. The quantitative estimate of drug-likeness (QED) is 0.867. The Balaban J connectivity index is 1.68. The first kappa shape index (κ1) is 14.1. The molecule has 4 atom stereocenters. The van der Waals surface area contributed by atoms with Crippen LogP contribution in [0.5, 0.6) is 0 Å². The minimum Gasteiger partial charge on any atom is -0.446 e. The van der Waals surface area contributed by atoms with E-state index < -0.39 is 6.09 Å². The Hall–Kier alpha value is -1.55. The molecule has 0 bridgehead atoms. The standard InChI is InChI=1S/C18H24N2O2/c19-18(21)22-17-11-16-13-6-2-1-5-12(13)9-10-20(16)15-8-4-3-7-14(15)17/h1-2,5-6,14-17H,3-4,7-11H2,(H2,19,21). The molecule has 2 N–H and O–H groups in total. The van der Waals surface area contributed by atoms with Crippen LogP contribution in [0.15, 0.2) is 24.3 Å². The largest absolute Gasteiger partial charge is 0.446 e. The van der Waals surface area contributed by atoms with E-state index >= 15 is 0 Å². The van der Waals surface area contributed by atoms with Gasteiger partial charge in [-0.05, 0) is 30.4 Å². The van der Waals surface area contributed by atoms with Gasteiger partial charge in [0.1, 0.15) is 6.10 Å². The van der Waals surface area contributed by atoms with Crippen molar-refractivity contribution < 1.29 is 9.53 Å². The molecule has 3 aliphatic rings. The number of piperidine rings is 1. The lowest BCUT2D eigenvalue weighted by molar-refractivity contribution is -0.0741. The summed E-state index contributed by atoms with van der Waals surface area (Å²) in [5, 5.41) is 0. The van der Waals surface area contributed by atoms with Crippen LogP contribution in [-0.2, 0) is 11.2 Å². The molecule has 1 saturated carbocycles. The Morgan fingerprint density at radius 3 is 2.91 bits per heavy atom. The second-order valence-corrected chi connectivity index (χ2v) is 6.93. The third-order valence-electron chi connectivity index (χ3n) is 5.86. The first-order valence-electron chi connectivity index (χ1n) is 8.53. The summed E-state index contributed by atoms with van der Waals surface area (Å²) in [4.78, 5) is 14.0. The molecule has 1 saturated heterocycles. The highest BCUT2D eigenvalue weighted by Crippen LogP contribution is 2.46. The van der Waals surface area contributed by atoms with Crippen molar-refractivity contribution in [2.75, 3.05) is 6.54 Å². The number of carbonyl (C=O) groups is 1. The fraction of sp³-hybridized carbons (Fsp3) is 0.611. The summed E-state index contributed by atoms with van der Waals surface area (Å²) in [6.07, 6.45) is 6.31. The lowest BCUT2D eigenvalue weighted by Crippen LogP contribution is -2.56. The van der Waals surface area contributed by atoms with Gasteiger partial charge in [0.2, 0.25) is 0 Å². The van der Waals surface area contributed by atoms with Gasteiger partial charge in [0.25, 0.3) is 0 Å². The van der Waals surface area contributed by atoms with Gasteiger partial charge in [-0.3, -0.25) is 4.90 Å². The van der Waals surface area contributed by atoms with E-state index in [2.05, 4.69) is 29.2 Å². The molecular weight excluding hydrogens is 276 g/mol. The van der Waals surface area contributed by atoms with Crippen molar-refractivity contribution in [2.24, 2.45) is 11.7 Å². The molecule has 1 aromatic rings. The number of primary amides is 1. The lowest BCUT2D eigenvalue weighted by Gasteiger charge is -2.53. The van der Waals surface area contributed by atoms with E-state index in [4.69, 9.17) is 10.5 Å². The highest BCUT2D eigenvalue weighted by atomic mass is 16.6. The summed E-state index contributed by atoms with van der Waals surface area (Å²) < 4.78 is 5.54. The van der Waals surface area contributed by atoms with E-state index in [1.807, 2.05) is 0 Å². The van der Waals surface area contributed by atoms with Crippen molar-refractivity contribution in [1.82, 2.24) is 4.90 Å². The fourth-order valence-electron chi connectivity index (χ4n) is 5.00. The van der Waals surface area contributed by atoms with Crippen LogP contribution in [0.2, 0.25) is 0 Å². The number of benzene rings is 1. The number of rotatable bonds is 1. The first-order chi connectivity index (χ1) is 10.7. The maximum Gasteiger partial charge on any atom is 0.404 e. The van der Waals surface area contributed by atoms with E-state index in [1.165, 1.54) is 30.4 Å². The van der Waals surface area contributed by atoms with E-state index in [-0.39, 0.29) is 6.10 Å². The number of amides is 1. The van der Waals surface area contributed by atoms with E-state index in [9.17, 15) is 4.79 Å². The van der Waals surface area contributed by atoms with Crippen LogP contribution in [0.4, 0.5) is 4.79 Å². The van der Waals surface area contributed by atoms with Crippen LogP contribution < -0.4 is 5.73 Å². The van der Waals surface area contributed by atoms with Gasteiger partial charge in [0, 0.05) is 31.0 Å². The maximum atomic E-state index is 11.3. The van der Waals surface area contributed by atoms with Crippen molar-refractivity contribution in [3.63, 3.8) is 0 Å². The van der Waals surface area contributed by atoms with Crippen molar-refractivity contribution in [2.45, 2.75) is 56.7 Å². The third kappa shape index (κ3) is 2.30. The van der Waals surface area contributed by atoms with E-state index in [1.54, 1.807) is 0 Å². The Bertz CT molecular complexity index is 574. The number of fused-ring (bicyclic) bond motifs is 5. The topological polar surface area (TPSA) is 55.6 Å². The smallest absolute Gasteiger partial charge is 0.404 e. The minimum absolute atomic E-state index is 0.0183. The molecule has 1 aliphatic carbocycles. The molecule has 4 unspecified atom stereocenters. The molecular formula is C18H24N2O2. The minimum atomic E-state index is -0.619. The highest BCUT2D eigenvalue weighted by molar-refractivity contribution is 5.64. The van der Waals surface area contributed by atoms with Gasteiger partial charge in [-0.2, -0.15) is 0 Å². The van der Waals surface area contributed by atoms with Crippen molar-refractivity contribution in [1.29, 1.82) is 0 Å². The first-order valence-corrected chi connectivity index (χ1v) is 8.53. The van der Waals surface area contributed by atoms with Crippen LogP contribution in [0.3, 0.4) is 0 Å². The molecule has 2 aliphatic heterocycles. The predicted octanol–water partition coefficient (Wildman–Crippen LogP) is 3.01. The molecule has 1 aromatic carbocycles. The molecule has 2 heterocycles. The van der Waals surface area contributed by atoms with Gasteiger partial charge < -0.3 is 10.5 Å². The van der Waals surface area contributed by atoms with Gasteiger partial charge in [-0.1, -0.05) is 37.1 Å². The monoisotopic (exact) mass is 300 g/mol. The summed E-state index contributed by atoms with van der Waals surface area (Å²) in [6.45, 7) is 1.13. The zero-order chi connectivity index (χ0) is 15.1. The summed E-state index contributed by atoms with van der Waals surface area (Å²) in [7, 11) is 0. The second kappa shape index (κ2) is 5.58. The number of hydrogen-bond donors (Lipinski definition) is 1. The van der Waals surface area contributed by atoms with Crippen molar-refractivity contribution >= 4 is 6.09 Å². The molecule has 4 nitrogen and oxygen atoms in total. The molecule has 2 fully saturated rings. The normalized spacial score (nSPS) is 34.2. The molecule has 1 amide bonds. The van der Waals surface area contributed by atoms with Crippen molar-refractivity contribution in [3.8, 4) is 0 Å². The van der Waals surface area contributed by atoms with Gasteiger partial charge in [-0.15, -0.1) is 0 Å². The number of nitrogens with zero attached hydrogens (tertiary/aromatic N) is 1. The highest BCUT2D eigenvalue weighted by Gasteiger charge is 2.47. The molecule has 22 heavy (non-hydrogen) atoms. The molecule has 4 rings (SSSR count). The van der Waals surface area contributed by atoms with Crippen LogP contribution >= 0.6 is 0 Å². The third-order valence-corrected chi connectivity index (χ3v) is 5.86.